The number of H-pyrrole nitrogens is 1. The monoisotopic (exact) mass is 371 g/mol. The molecule has 26 heavy (non-hydrogen) atoms. The molecule has 134 valence electrons. The number of para-hydroxylation sites is 1. The van der Waals surface area contributed by atoms with Crippen molar-refractivity contribution in [2.45, 2.75) is 25.9 Å². The van der Waals surface area contributed by atoms with E-state index in [1.54, 1.807) is 36.4 Å². The van der Waals surface area contributed by atoms with Gasteiger partial charge in [0.2, 0.25) is 5.91 Å². The standard InChI is InChI=1S/C19H18ClN3O3/c1-12(13-5-4-6-14(20)11-13)21-17(24)9-10-23-16-8-3-2-7-15(16)18(25)22-19(23)26/h2-8,11-12H,9-10H2,1H3,(H,21,24)(H,22,25,26)/t12-/m0/s1. The summed E-state index contributed by atoms with van der Waals surface area (Å²) in [5.41, 5.74) is 0.458. The van der Waals surface area contributed by atoms with Crippen LogP contribution in [0.1, 0.15) is 24.9 Å². The Morgan fingerprint density at radius 1 is 1.19 bits per heavy atom. The largest absolute Gasteiger partial charge is 0.350 e. The molecule has 0 aliphatic carbocycles. The van der Waals surface area contributed by atoms with Crippen molar-refractivity contribution in [1.82, 2.24) is 14.9 Å². The summed E-state index contributed by atoms with van der Waals surface area (Å²) in [7, 11) is 0. The van der Waals surface area contributed by atoms with Crippen molar-refractivity contribution >= 4 is 28.4 Å². The van der Waals surface area contributed by atoms with Gasteiger partial charge in [-0.1, -0.05) is 35.9 Å². The number of nitrogens with zero attached hydrogens (tertiary/aromatic N) is 1. The predicted molar refractivity (Wildman–Crippen MR) is 101 cm³/mol. The van der Waals surface area contributed by atoms with Crippen LogP contribution in [0.15, 0.2) is 58.1 Å². The number of hydrogen-bond acceptors (Lipinski definition) is 3. The first kappa shape index (κ1) is 17.9. The fraction of sp³-hybridized carbons (Fsp3) is 0.211. The highest BCUT2D eigenvalue weighted by Gasteiger charge is 2.12. The second kappa shape index (κ2) is 7.58. The molecule has 0 unspecified atom stereocenters. The first-order chi connectivity index (χ1) is 12.5. The number of halogens is 1. The second-order valence-corrected chi connectivity index (χ2v) is 6.46. The van der Waals surface area contributed by atoms with E-state index in [0.29, 0.717) is 15.9 Å². The van der Waals surface area contributed by atoms with Crippen LogP contribution in [0.4, 0.5) is 0 Å². The summed E-state index contributed by atoms with van der Waals surface area (Å²) in [5, 5.41) is 3.91. The Bertz CT molecular complexity index is 1070. The molecule has 0 aliphatic rings. The van der Waals surface area contributed by atoms with Gasteiger partial charge in [0.05, 0.1) is 16.9 Å². The van der Waals surface area contributed by atoms with E-state index in [0.717, 1.165) is 5.56 Å². The van der Waals surface area contributed by atoms with Crippen LogP contribution in [0.5, 0.6) is 0 Å². The number of aromatic amines is 1. The lowest BCUT2D eigenvalue weighted by Gasteiger charge is -2.15. The number of rotatable bonds is 5. The number of benzene rings is 2. The number of carbonyl (C=O) groups excluding carboxylic acids is 1. The number of fused-ring (bicyclic) bond motifs is 1. The van der Waals surface area contributed by atoms with Gasteiger partial charge in [-0.05, 0) is 36.8 Å². The van der Waals surface area contributed by atoms with Gasteiger partial charge in [0.1, 0.15) is 0 Å². The number of aromatic nitrogens is 2. The van der Waals surface area contributed by atoms with E-state index in [1.807, 2.05) is 19.1 Å². The highest BCUT2D eigenvalue weighted by molar-refractivity contribution is 6.30. The van der Waals surface area contributed by atoms with E-state index >= 15 is 0 Å². The number of aryl methyl sites for hydroxylation is 1. The van der Waals surface area contributed by atoms with Gasteiger partial charge in [-0.15, -0.1) is 0 Å². The van der Waals surface area contributed by atoms with Gasteiger partial charge in [0.25, 0.3) is 5.56 Å². The lowest BCUT2D eigenvalue weighted by atomic mass is 10.1. The van der Waals surface area contributed by atoms with Crippen molar-refractivity contribution in [2.24, 2.45) is 0 Å². The van der Waals surface area contributed by atoms with Gasteiger partial charge < -0.3 is 5.32 Å². The maximum absolute atomic E-state index is 12.3. The molecule has 7 heteroatoms. The summed E-state index contributed by atoms with van der Waals surface area (Å²) >= 11 is 5.97. The van der Waals surface area contributed by atoms with Crippen LogP contribution in [0.3, 0.4) is 0 Å². The second-order valence-electron chi connectivity index (χ2n) is 6.02. The number of hydrogen-bond donors (Lipinski definition) is 2. The van der Waals surface area contributed by atoms with Crippen LogP contribution >= 0.6 is 11.6 Å². The number of nitrogens with one attached hydrogen (secondary N) is 2. The molecule has 3 rings (SSSR count). The molecule has 0 spiro atoms. The van der Waals surface area contributed by atoms with Crippen LogP contribution in [-0.4, -0.2) is 15.5 Å². The minimum Gasteiger partial charge on any atom is -0.350 e. The third-order valence-electron chi connectivity index (χ3n) is 4.19. The number of amides is 1. The lowest BCUT2D eigenvalue weighted by Crippen LogP contribution is -2.33. The van der Waals surface area contributed by atoms with E-state index in [-0.39, 0.29) is 24.9 Å². The van der Waals surface area contributed by atoms with Crippen LogP contribution in [-0.2, 0) is 11.3 Å². The maximum atomic E-state index is 12.3. The highest BCUT2D eigenvalue weighted by Crippen LogP contribution is 2.17. The Morgan fingerprint density at radius 2 is 1.96 bits per heavy atom. The summed E-state index contributed by atoms with van der Waals surface area (Å²) in [6, 6.07) is 13.9. The Labute approximate surface area is 154 Å². The molecule has 3 aromatic rings. The molecule has 0 saturated carbocycles. The van der Waals surface area contributed by atoms with Gasteiger partial charge in [-0.3, -0.25) is 19.1 Å². The normalized spacial score (nSPS) is 12.1. The molecule has 1 aromatic heterocycles. The quantitative estimate of drug-likeness (QED) is 0.723. The molecule has 2 N–H and O–H groups in total. The van der Waals surface area contributed by atoms with Crippen molar-refractivity contribution in [3.05, 3.63) is 80.0 Å². The molecule has 2 aromatic carbocycles. The van der Waals surface area contributed by atoms with Gasteiger partial charge >= 0.3 is 5.69 Å². The van der Waals surface area contributed by atoms with Crippen molar-refractivity contribution < 1.29 is 4.79 Å². The molecule has 0 saturated heterocycles. The Balaban J connectivity index is 1.73. The SMILES string of the molecule is C[C@H](NC(=O)CCn1c(=O)[nH]c(=O)c2ccccc21)c1cccc(Cl)c1. The summed E-state index contributed by atoms with van der Waals surface area (Å²) in [6.45, 7) is 2.04. The zero-order valence-electron chi connectivity index (χ0n) is 14.2. The lowest BCUT2D eigenvalue weighted by molar-refractivity contribution is -0.121. The predicted octanol–water partition coefficient (Wildman–Crippen LogP) is 2.61. The van der Waals surface area contributed by atoms with Crippen molar-refractivity contribution in [3.8, 4) is 0 Å². The Morgan fingerprint density at radius 3 is 2.73 bits per heavy atom. The van der Waals surface area contributed by atoms with Gasteiger partial charge in [-0.2, -0.15) is 0 Å². The molecule has 0 fully saturated rings. The molecule has 1 heterocycles. The zero-order valence-corrected chi connectivity index (χ0v) is 14.9. The molecule has 0 bridgehead atoms. The van der Waals surface area contributed by atoms with Crippen LogP contribution in [0, 0.1) is 0 Å². The van der Waals surface area contributed by atoms with Gasteiger partial charge in [-0.25, -0.2) is 4.79 Å². The molecular formula is C19H18ClN3O3. The van der Waals surface area contributed by atoms with Crippen LogP contribution in [0.2, 0.25) is 5.02 Å². The van der Waals surface area contributed by atoms with Crippen molar-refractivity contribution in [2.75, 3.05) is 0 Å². The molecule has 0 aliphatic heterocycles. The third kappa shape index (κ3) is 3.86. The van der Waals surface area contributed by atoms with E-state index in [2.05, 4.69) is 10.3 Å². The maximum Gasteiger partial charge on any atom is 0.328 e. The molecule has 1 atom stereocenters. The van der Waals surface area contributed by atoms with E-state index in [9.17, 15) is 14.4 Å². The van der Waals surface area contributed by atoms with Crippen molar-refractivity contribution in [1.29, 1.82) is 0 Å². The summed E-state index contributed by atoms with van der Waals surface area (Å²) in [5.74, 6) is -0.195. The van der Waals surface area contributed by atoms with Crippen molar-refractivity contribution in [3.63, 3.8) is 0 Å². The zero-order chi connectivity index (χ0) is 18.7. The average molecular weight is 372 g/mol. The fourth-order valence-electron chi connectivity index (χ4n) is 2.85. The minimum atomic E-state index is -0.524. The summed E-state index contributed by atoms with van der Waals surface area (Å²) < 4.78 is 1.40. The fourth-order valence-corrected chi connectivity index (χ4v) is 3.05. The Kier molecular flexibility index (Phi) is 5.23. The van der Waals surface area contributed by atoms with Crippen LogP contribution < -0.4 is 16.6 Å². The molecular weight excluding hydrogens is 354 g/mol. The number of carbonyl (C=O) groups is 1. The first-order valence-corrected chi connectivity index (χ1v) is 8.60. The van der Waals surface area contributed by atoms with Gasteiger partial charge in [0.15, 0.2) is 0 Å². The topological polar surface area (TPSA) is 84.0 Å². The van der Waals surface area contributed by atoms with E-state index in [4.69, 9.17) is 11.6 Å². The van der Waals surface area contributed by atoms with E-state index < -0.39 is 11.2 Å². The van der Waals surface area contributed by atoms with Crippen LogP contribution in [0.25, 0.3) is 10.9 Å². The first-order valence-electron chi connectivity index (χ1n) is 8.22. The summed E-state index contributed by atoms with van der Waals surface area (Å²) in [6.07, 6.45) is 0.112. The minimum absolute atomic E-state index is 0.112. The molecule has 1 amide bonds. The highest BCUT2D eigenvalue weighted by atomic mass is 35.5. The molecule has 6 nitrogen and oxygen atoms in total. The third-order valence-corrected chi connectivity index (χ3v) is 4.43. The molecule has 0 radical (unpaired) electrons. The smallest absolute Gasteiger partial charge is 0.328 e. The summed E-state index contributed by atoms with van der Waals surface area (Å²) in [4.78, 5) is 38.5. The Hall–Kier alpha value is -2.86. The van der Waals surface area contributed by atoms with Gasteiger partial charge in [0, 0.05) is 18.0 Å². The average Bonchev–Trinajstić information content (AvgIpc) is 2.61. The van der Waals surface area contributed by atoms with E-state index in [1.165, 1.54) is 4.57 Å².